The number of hydrogen-bond acceptors (Lipinski definition) is 6. The average molecular weight is 496 g/mol. The summed E-state index contributed by atoms with van der Waals surface area (Å²) in [4.78, 5) is 39.3. The molecule has 34 heavy (non-hydrogen) atoms. The largest absolute Gasteiger partial charge is 0.326 e. The molecule has 1 heterocycles. The van der Waals surface area contributed by atoms with E-state index in [0.29, 0.717) is 11.4 Å². The van der Waals surface area contributed by atoms with Crippen molar-refractivity contribution in [3.63, 3.8) is 0 Å². The summed E-state index contributed by atoms with van der Waals surface area (Å²) in [5, 5.41) is 7.33. The number of carbonyl (C=O) groups is 3. The van der Waals surface area contributed by atoms with Crippen molar-refractivity contribution in [1.82, 2.24) is 0 Å². The summed E-state index contributed by atoms with van der Waals surface area (Å²) in [5.74, 6) is -0.874. The predicted molar refractivity (Wildman–Crippen MR) is 130 cm³/mol. The van der Waals surface area contributed by atoms with Crippen LogP contribution in [-0.2, 0) is 30.8 Å². The lowest BCUT2D eigenvalue weighted by Crippen LogP contribution is -2.31. The maximum absolute atomic E-state index is 12.9. The number of anilines is 2. The normalized spacial score (nSPS) is 16.0. The quantitative estimate of drug-likeness (QED) is 0.485. The Morgan fingerprint density at radius 3 is 2.24 bits per heavy atom. The van der Waals surface area contributed by atoms with Gasteiger partial charge in [-0.2, -0.15) is 0 Å². The molecular weight excluding hydrogens is 474 g/mol. The third-order valence-electron chi connectivity index (χ3n) is 5.15. The van der Waals surface area contributed by atoms with Crippen molar-refractivity contribution in [2.45, 2.75) is 27.9 Å². The van der Waals surface area contributed by atoms with Crippen molar-refractivity contribution in [1.29, 1.82) is 0 Å². The van der Waals surface area contributed by atoms with Gasteiger partial charge in [-0.25, -0.2) is 18.5 Å². The molecule has 3 N–H and O–H groups in total. The highest BCUT2D eigenvalue weighted by Crippen LogP contribution is 2.34. The van der Waals surface area contributed by atoms with Gasteiger partial charge in [0.2, 0.25) is 27.7 Å². The number of carbonyl (C=O) groups excluding carboxylic acids is 3. The summed E-state index contributed by atoms with van der Waals surface area (Å²) in [5.41, 5.74) is 1.85. The molecule has 0 saturated carbocycles. The fourth-order valence-corrected chi connectivity index (χ4v) is 5.09. The van der Waals surface area contributed by atoms with E-state index in [1.807, 2.05) is 30.3 Å². The molecule has 1 saturated heterocycles. The number of sulfonamides is 1. The Morgan fingerprint density at radius 2 is 1.62 bits per heavy atom. The minimum absolute atomic E-state index is 0.0238. The summed E-state index contributed by atoms with van der Waals surface area (Å²) in [6, 6.07) is 21.8. The van der Waals surface area contributed by atoms with E-state index in [1.54, 1.807) is 24.3 Å². The van der Waals surface area contributed by atoms with Gasteiger partial charge < -0.3 is 5.32 Å². The zero-order chi connectivity index (χ0) is 24.3. The first-order valence-corrected chi connectivity index (χ1v) is 12.7. The second kappa shape index (κ2) is 9.80. The number of hydrogen-bond donors (Lipinski definition) is 2. The van der Waals surface area contributed by atoms with E-state index in [1.165, 1.54) is 36.0 Å². The van der Waals surface area contributed by atoms with Crippen LogP contribution in [0.4, 0.5) is 11.4 Å². The Hall–Kier alpha value is -3.47. The summed E-state index contributed by atoms with van der Waals surface area (Å²) < 4.78 is 22.8. The molecule has 1 aliphatic heterocycles. The minimum atomic E-state index is -3.87. The summed E-state index contributed by atoms with van der Waals surface area (Å²) in [6.45, 7) is 0. The standard InChI is InChI=1S/C24H21N3O5S2/c25-34(31,32)20-12-8-18(9-13-20)27-23(29)15-21(24(27)30)33-19-10-6-17(7-11-19)26-22(28)14-16-4-2-1-3-5-16/h1-13,21H,14-15H2,(H,26,28)(H2,25,31,32)/t21-/m1/s1. The molecule has 3 aromatic carbocycles. The van der Waals surface area contributed by atoms with Gasteiger partial charge in [-0.15, -0.1) is 11.8 Å². The van der Waals surface area contributed by atoms with E-state index in [2.05, 4.69) is 5.32 Å². The number of imide groups is 1. The van der Waals surface area contributed by atoms with Crippen molar-refractivity contribution in [3.8, 4) is 0 Å². The van der Waals surface area contributed by atoms with Gasteiger partial charge >= 0.3 is 0 Å². The fraction of sp³-hybridized carbons (Fsp3) is 0.125. The zero-order valence-electron chi connectivity index (χ0n) is 17.9. The van der Waals surface area contributed by atoms with Gasteiger partial charge in [0.05, 0.1) is 22.3 Å². The summed E-state index contributed by atoms with van der Waals surface area (Å²) in [6.07, 6.45) is 0.292. The first kappa shape index (κ1) is 23.7. The van der Waals surface area contributed by atoms with Crippen LogP contribution in [0.2, 0.25) is 0 Å². The first-order valence-electron chi connectivity index (χ1n) is 10.3. The molecule has 0 spiro atoms. The Bertz CT molecular complexity index is 1330. The Morgan fingerprint density at radius 1 is 0.971 bits per heavy atom. The zero-order valence-corrected chi connectivity index (χ0v) is 19.5. The molecule has 1 aliphatic rings. The number of nitrogens with zero attached hydrogens (tertiary/aromatic N) is 1. The van der Waals surface area contributed by atoms with Gasteiger partial charge in [0.1, 0.15) is 0 Å². The molecule has 1 fully saturated rings. The third-order valence-corrected chi connectivity index (χ3v) is 7.28. The lowest BCUT2D eigenvalue weighted by molar-refractivity contribution is -0.121. The van der Waals surface area contributed by atoms with Gasteiger partial charge in [0, 0.05) is 17.0 Å². The maximum atomic E-state index is 12.9. The third kappa shape index (κ3) is 5.53. The molecule has 3 aromatic rings. The Balaban J connectivity index is 1.38. The van der Waals surface area contributed by atoms with E-state index in [9.17, 15) is 22.8 Å². The second-order valence-corrected chi connectivity index (χ2v) is 10.5. The van der Waals surface area contributed by atoms with Gasteiger partial charge in [-0.1, -0.05) is 30.3 Å². The number of nitrogens with one attached hydrogen (secondary N) is 1. The Kier molecular flexibility index (Phi) is 6.82. The van der Waals surface area contributed by atoms with E-state index in [0.717, 1.165) is 15.4 Å². The molecule has 0 radical (unpaired) electrons. The van der Waals surface area contributed by atoms with Crippen molar-refractivity contribution in [2.75, 3.05) is 10.2 Å². The molecule has 174 valence electrons. The van der Waals surface area contributed by atoms with Crippen LogP contribution in [0.3, 0.4) is 0 Å². The lowest BCUT2D eigenvalue weighted by atomic mass is 10.1. The molecule has 0 unspecified atom stereocenters. The van der Waals surface area contributed by atoms with E-state index in [4.69, 9.17) is 5.14 Å². The number of primary sulfonamides is 1. The van der Waals surface area contributed by atoms with Gasteiger partial charge in [-0.3, -0.25) is 14.4 Å². The Labute approximate surface area is 201 Å². The van der Waals surface area contributed by atoms with Gasteiger partial charge in [-0.05, 0) is 54.1 Å². The predicted octanol–water partition coefficient (Wildman–Crippen LogP) is 2.94. The number of nitrogens with two attached hydrogens (primary N) is 1. The van der Waals surface area contributed by atoms with Gasteiger partial charge in [0.15, 0.2) is 0 Å². The highest BCUT2D eigenvalue weighted by molar-refractivity contribution is 8.00. The van der Waals surface area contributed by atoms with Crippen LogP contribution in [0.1, 0.15) is 12.0 Å². The lowest BCUT2D eigenvalue weighted by Gasteiger charge is -2.15. The van der Waals surface area contributed by atoms with E-state index >= 15 is 0 Å². The van der Waals surface area contributed by atoms with Crippen molar-refractivity contribution >= 4 is 50.9 Å². The molecule has 0 aromatic heterocycles. The molecule has 3 amide bonds. The topological polar surface area (TPSA) is 127 Å². The summed E-state index contributed by atoms with van der Waals surface area (Å²) in [7, 11) is -3.87. The highest BCUT2D eigenvalue weighted by atomic mass is 32.2. The molecule has 10 heteroatoms. The second-order valence-electron chi connectivity index (χ2n) is 7.65. The molecule has 0 bridgehead atoms. The number of benzene rings is 3. The van der Waals surface area contributed by atoms with Crippen LogP contribution in [0, 0.1) is 0 Å². The van der Waals surface area contributed by atoms with Crippen LogP contribution >= 0.6 is 11.8 Å². The molecule has 8 nitrogen and oxygen atoms in total. The average Bonchev–Trinajstić information content (AvgIpc) is 3.08. The smallest absolute Gasteiger partial charge is 0.247 e. The van der Waals surface area contributed by atoms with Gasteiger partial charge in [0.25, 0.3) is 0 Å². The minimum Gasteiger partial charge on any atom is -0.326 e. The highest BCUT2D eigenvalue weighted by Gasteiger charge is 2.40. The van der Waals surface area contributed by atoms with Crippen molar-refractivity contribution < 1.29 is 22.8 Å². The molecule has 4 rings (SSSR count). The first-order chi connectivity index (χ1) is 16.2. The number of rotatable bonds is 7. The van der Waals surface area contributed by atoms with E-state index in [-0.39, 0.29) is 35.5 Å². The summed E-state index contributed by atoms with van der Waals surface area (Å²) >= 11 is 1.26. The van der Waals surface area contributed by atoms with Crippen LogP contribution in [0.25, 0.3) is 0 Å². The van der Waals surface area contributed by atoms with Crippen molar-refractivity contribution in [2.24, 2.45) is 5.14 Å². The molecular formula is C24H21N3O5S2. The van der Waals surface area contributed by atoms with Crippen LogP contribution in [-0.4, -0.2) is 31.4 Å². The maximum Gasteiger partial charge on any atom is 0.247 e. The monoisotopic (exact) mass is 495 g/mol. The molecule has 0 aliphatic carbocycles. The fourth-order valence-electron chi connectivity index (χ4n) is 3.52. The molecule has 1 atom stereocenters. The van der Waals surface area contributed by atoms with Crippen LogP contribution in [0.15, 0.2) is 88.7 Å². The van der Waals surface area contributed by atoms with Crippen LogP contribution in [0.5, 0.6) is 0 Å². The number of thioether (sulfide) groups is 1. The van der Waals surface area contributed by atoms with Crippen LogP contribution < -0.4 is 15.4 Å². The van der Waals surface area contributed by atoms with Crippen molar-refractivity contribution in [3.05, 3.63) is 84.4 Å². The SMILES string of the molecule is NS(=O)(=O)c1ccc(N2C(=O)C[C@@H](Sc3ccc(NC(=O)Cc4ccccc4)cc3)C2=O)cc1. The number of amides is 3. The van der Waals surface area contributed by atoms with E-state index < -0.39 is 15.3 Å².